The molecule has 108 valence electrons. The third kappa shape index (κ3) is 3.69. The molecule has 1 heterocycles. The van der Waals surface area contributed by atoms with Gasteiger partial charge in [-0.15, -0.1) is 11.3 Å². The number of hydrogen-bond donors (Lipinski definition) is 1. The number of hydrogen-bond acceptors (Lipinski definition) is 3. The van der Waals surface area contributed by atoms with E-state index in [4.69, 9.17) is 5.73 Å². The van der Waals surface area contributed by atoms with Gasteiger partial charge in [0.05, 0.1) is 0 Å². The van der Waals surface area contributed by atoms with Crippen molar-refractivity contribution >= 4 is 11.3 Å². The largest absolute Gasteiger partial charge is 0.326 e. The lowest BCUT2D eigenvalue weighted by Gasteiger charge is -2.32. The van der Waals surface area contributed by atoms with Crippen molar-refractivity contribution < 1.29 is 0 Å². The van der Waals surface area contributed by atoms with Gasteiger partial charge in [0.1, 0.15) is 0 Å². The zero-order valence-electron chi connectivity index (χ0n) is 12.5. The van der Waals surface area contributed by atoms with Gasteiger partial charge < -0.3 is 5.73 Å². The summed E-state index contributed by atoms with van der Waals surface area (Å²) < 4.78 is 0. The van der Waals surface area contributed by atoms with Crippen LogP contribution in [-0.4, -0.2) is 18.0 Å². The van der Waals surface area contributed by atoms with Crippen LogP contribution in [0.15, 0.2) is 41.8 Å². The molecule has 2 atom stereocenters. The molecule has 1 aromatic carbocycles. The topological polar surface area (TPSA) is 29.3 Å². The lowest BCUT2D eigenvalue weighted by atomic mass is 9.96. The summed E-state index contributed by atoms with van der Waals surface area (Å²) in [5.41, 5.74) is 8.98. The molecule has 0 saturated heterocycles. The van der Waals surface area contributed by atoms with Crippen molar-refractivity contribution in [3.63, 3.8) is 0 Å². The van der Waals surface area contributed by atoms with E-state index in [1.54, 1.807) is 11.3 Å². The predicted molar refractivity (Wildman–Crippen MR) is 88.0 cm³/mol. The smallest absolute Gasteiger partial charge is 0.0499 e. The first-order chi connectivity index (χ1) is 9.61. The van der Waals surface area contributed by atoms with Gasteiger partial charge in [-0.05, 0) is 37.4 Å². The summed E-state index contributed by atoms with van der Waals surface area (Å²) in [7, 11) is 2.17. The second-order valence-electron chi connectivity index (χ2n) is 5.42. The molecule has 0 amide bonds. The molecule has 2 nitrogen and oxygen atoms in total. The fourth-order valence-electron chi connectivity index (χ4n) is 2.56. The van der Waals surface area contributed by atoms with Crippen molar-refractivity contribution in [1.82, 2.24) is 4.90 Å². The van der Waals surface area contributed by atoms with Crippen LogP contribution in [0.1, 0.15) is 35.4 Å². The van der Waals surface area contributed by atoms with Crippen molar-refractivity contribution in [2.24, 2.45) is 5.73 Å². The van der Waals surface area contributed by atoms with E-state index in [0.717, 1.165) is 13.0 Å². The van der Waals surface area contributed by atoms with Crippen LogP contribution in [0, 0.1) is 6.92 Å². The Balaban J connectivity index is 2.20. The molecular formula is C17H24N2S. The second kappa shape index (κ2) is 7.02. The molecular weight excluding hydrogens is 264 g/mol. The van der Waals surface area contributed by atoms with E-state index in [2.05, 4.69) is 67.6 Å². The summed E-state index contributed by atoms with van der Waals surface area (Å²) in [6.45, 7) is 5.22. The highest BCUT2D eigenvalue weighted by molar-refractivity contribution is 7.09. The van der Waals surface area contributed by atoms with E-state index >= 15 is 0 Å². The predicted octanol–water partition coefficient (Wildman–Crippen LogP) is 3.97. The molecule has 20 heavy (non-hydrogen) atoms. The van der Waals surface area contributed by atoms with Crippen LogP contribution >= 0.6 is 11.3 Å². The SMILES string of the molecule is CCC(N)C(c1ccc(C)cc1)N(C)Cc1cccs1. The minimum Gasteiger partial charge on any atom is -0.326 e. The van der Waals surface area contributed by atoms with Crippen LogP contribution in [0.3, 0.4) is 0 Å². The highest BCUT2D eigenvalue weighted by atomic mass is 32.1. The summed E-state index contributed by atoms with van der Waals surface area (Å²) in [5, 5.41) is 2.13. The molecule has 2 N–H and O–H groups in total. The van der Waals surface area contributed by atoms with Crippen molar-refractivity contribution in [3.8, 4) is 0 Å². The number of benzene rings is 1. The van der Waals surface area contributed by atoms with Crippen LogP contribution in [0.4, 0.5) is 0 Å². The Bertz CT molecular complexity index is 504. The van der Waals surface area contributed by atoms with E-state index < -0.39 is 0 Å². The molecule has 0 aliphatic heterocycles. The number of rotatable bonds is 6. The number of likely N-dealkylation sites (N-methyl/N-ethyl adjacent to an activating group) is 1. The number of aryl methyl sites for hydroxylation is 1. The number of thiophene rings is 1. The molecule has 0 bridgehead atoms. The van der Waals surface area contributed by atoms with Crippen LogP contribution in [0.2, 0.25) is 0 Å². The van der Waals surface area contributed by atoms with E-state index in [-0.39, 0.29) is 12.1 Å². The number of nitrogens with two attached hydrogens (primary N) is 1. The number of nitrogens with zero attached hydrogens (tertiary/aromatic N) is 1. The second-order valence-corrected chi connectivity index (χ2v) is 6.45. The quantitative estimate of drug-likeness (QED) is 0.871. The Labute approximate surface area is 126 Å². The summed E-state index contributed by atoms with van der Waals surface area (Å²) in [4.78, 5) is 3.75. The van der Waals surface area contributed by atoms with E-state index in [0.29, 0.717) is 0 Å². The van der Waals surface area contributed by atoms with E-state index in [9.17, 15) is 0 Å². The zero-order valence-corrected chi connectivity index (χ0v) is 13.4. The molecule has 3 heteroatoms. The average molecular weight is 288 g/mol. The lowest BCUT2D eigenvalue weighted by molar-refractivity contribution is 0.203. The van der Waals surface area contributed by atoms with Gasteiger partial charge in [0.15, 0.2) is 0 Å². The summed E-state index contributed by atoms with van der Waals surface area (Å²) in [6, 6.07) is 13.5. The Morgan fingerprint density at radius 2 is 1.90 bits per heavy atom. The molecule has 0 aliphatic rings. The molecule has 0 aliphatic carbocycles. The van der Waals surface area contributed by atoms with Gasteiger partial charge in [-0.3, -0.25) is 4.90 Å². The minimum atomic E-state index is 0.155. The average Bonchev–Trinajstić information content (AvgIpc) is 2.94. The lowest BCUT2D eigenvalue weighted by Crippen LogP contribution is -2.38. The molecule has 2 unspecified atom stereocenters. The minimum absolute atomic E-state index is 0.155. The fourth-order valence-corrected chi connectivity index (χ4v) is 3.33. The Hall–Kier alpha value is -1.16. The Morgan fingerprint density at radius 3 is 2.45 bits per heavy atom. The monoisotopic (exact) mass is 288 g/mol. The van der Waals surface area contributed by atoms with Gasteiger partial charge in [0.2, 0.25) is 0 Å². The van der Waals surface area contributed by atoms with Crippen molar-refractivity contribution in [1.29, 1.82) is 0 Å². The van der Waals surface area contributed by atoms with Gasteiger partial charge in [-0.25, -0.2) is 0 Å². The Kier molecular flexibility index (Phi) is 5.35. The van der Waals surface area contributed by atoms with Gasteiger partial charge in [-0.2, -0.15) is 0 Å². The van der Waals surface area contributed by atoms with Crippen LogP contribution in [0.5, 0.6) is 0 Å². The van der Waals surface area contributed by atoms with Gasteiger partial charge in [0, 0.05) is 23.5 Å². The standard InChI is InChI=1S/C17H24N2S/c1-4-16(18)17(14-9-7-13(2)8-10-14)19(3)12-15-6-5-11-20-15/h5-11,16-17H,4,12,18H2,1-3H3. The van der Waals surface area contributed by atoms with Crippen molar-refractivity contribution in [3.05, 3.63) is 57.8 Å². The molecule has 0 saturated carbocycles. The van der Waals surface area contributed by atoms with Crippen LogP contribution in [-0.2, 0) is 6.54 Å². The van der Waals surface area contributed by atoms with Crippen molar-refractivity contribution in [2.45, 2.75) is 38.9 Å². The summed E-state index contributed by atoms with van der Waals surface area (Å²) in [6.07, 6.45) is 0.979. The highest BCUT2D eigenvalue weighted by Gasteiger charge is 2.23. The zero-order chi connectivity index (χ0) is 14.5. The van der Waals surface area contributed by atoms with Crippen LogP contribution in [0.25, 0.3) is 0 Å². The first kappa shape index (κ1) is 15.2. The molecule has 0 spiro atoms. The maximum Gasteiger partial charge on any atom is 0.0499 e. The van der Waals surface area contributed by atoms with Crippen LogP contribution < -0.4 is 5.73 Å². The van der Waals surface area contributed by atoms with Gasteiger partial charge in [0.25, 0.3) is 0 Å². The van der Waals surface area contributed by atoms with E-state index in [1.807, 2.05) is 0 Å². The third-order valence-corrected chi connectivity index (χ3v) is 4.62. The first-order valence-corrected chi connectivity index (χ1v) is 8.04. The van der Waals surface area contributed by atoms with Gasteiger partial charge >= 0.3 is 0 Å². The first-order valence-electron chi connectivity index (χ1n) is 7.16. The molecule has 0 fully saturated rings. The normalized spacial score (nSPS) is 14.4. The van der Waals surface area contributed by atoms with Gasteiger partial charge in [-0.1, -0.05) is 42.8 Å². The maximum absolute atomic E-state index is 6.38. The molecule has 2 rings (SSSR count). The maximum atomic E-state index is 6.38. The Morgan fingerprint density at radius 1 is 1.20 bits per heavy atom. The molecule has 1 aromatic heterocycles. The molecule has 0 radical (unpaired) electrons. The van der Waals surface area contributed by atoms with Crippen molar-refractivity contribution in [2.75, 3.05) is 7.05 Å². The summed E-state index contributed by atoms with van der Waals surface area (Å²) in [5.74, 6) is 0. The molecule has 2 aromatic rings. The highest BCUT2D eigenvalue weighted by Crippen LogP contribution is 2.26. The summed E-state index contributed by atoms with van der Waals surface area (Å²) >= 11 is 1.80. The van der Waals surface area contributed by atoms with E-state index in [1.165, 1.54) is 16.0 Å². The third-order valence-electron chi connectivity index (χ3n) is 3.76. The fraction of sp³-hybridized carbons (Fsp3) is 0.412.